The van der Waals surface area contributed by atoms with E-state index in [9.17, 15) is 0 Å². The standard InChI is InChI=1S/2Ga.2In.O.Sn.Zn. The molecule has 0 aromatic carbocycles. The summed E-state index contributed by atoms with van der Waals surface area (Å²) in [5.74, 6) is 0. The first-order chi connectivity index (χ1) is 1.00. The Bertz CT molecular complexity index is 15.7. The largest absolute Gasteiger partial charge is 0 e. The van der Waals surface area contributed by atoms with Gasteiger partial charge in [0.15, 0.2) is 0 Å². The van der Waals surface area contributed by atoms with Gasteiger partial charge < -0.3 is 0 Å². The van der Waals surface area contributed by atoms with Crippen LogP contribution in [0.2, 0.25) is 0 Å². The minimum atomic E-state index is 0. The Morgan fingerprint density at radius 3 is 0.857 bits per heavy atom. The Hall–Kier alpha value is 4.24. The Morgan fingerprint density at radius 2 is 0.857 bits per heavy atom. The molecule has 0 aliphatic heterocycles. The van der Waals surface area contributed by atoms with Crippen LogP contribution in [0, 0.1) is 0 Å². The van der Waals surface area contributed by atoms with Gasteiger partial charge in [0, 0.05) is 111 Å². The van der Waals surface area contributed by atoms with Crippen molar-refractivity contribution in [2.24, 2.45) is 0 Å². The van der Waals surface area contributed by atoms with Crippen molar-refractivity contribution in [3.05, 3.63) is 0 Å². The van der Waals surface area contributed by atoms with Gasteiger partial charge >= 0.3 is 25.6 Å². The van der Waals surface area contributed by atoms with E-state index in [1.54, 1.807) is 0 Å². The molecule has 0 heterocycles. The van der Waals surface area contributed by atoms with Crippen LogP contribution in [-0.4, -0.2) is 114 Å². The first-order valence-corrected chi connectivity index (χ1v) is 1.37. The molecule has 0 saturated heterocycles. The SMILES string of the molecule is [Ga].[Ga].[In].[In].[O]=[Sn].[Zn]. The van der Waals surface area contributed by atoms with Crippen LogP contribution in [0.1, 0.15) is 0 Å². The molecule has 0 aromatic rings. The maximum atomic E-state index is 8.34. The minimum absolute atomic E-state index is 0. The van der Waals surface area contributed by atoms with E-state index >= 15 is 0 Å². The number of rotatable bonds is 0. The van der Waals surface area contributed by atoms with Gasteiger partial charge in [0.1, 0.15) is 0 Å². The molecule has 0 spiro atoms. The van der Waals surface area contributed by atoms with Gasteiger partial charge in [0.25, 0.3) is 0 Å². The van der Waals surface area contributed by atoms with Gasteiger partial charge in [-0.2, -0.15) is 0 Å². The molecule has 0 N–H and O–H groups in total. The molecule has 14 radical (unpaired) electrons. The van der Waals surface area contributed by atoms with E-state index in [4.69, 9.17) is 3.08 Å². The van der Waals surface area contributed by atoms with Crippen LogP contribution >= 0.6 is 0 Å². The maximum absolute atomic E-state index is 8.34. The smallest absolute Gasteiger partial charge is 0 e. The fraction of sp³-hybridized carbons (Fsp3) is 0. The summed E-state index contributed by atoms with van der Waals surface area (Å²) >= 11 is 0.300. The summed E-state index contributed by atoms with van der Waals surface area (Å²) in [4.78, 5) is 0. The van der Waals surface area contributed by atoms with Crippen LogP contribution in [0.5, 0.6) is 0 Å². The number of hydrogen-bond acceptors (Lipinski definition) is 1. The molecule has 7 heteroatoms. The van der Waals surface area contributed by atoms with Crippen LogP contribution in [0.25, 0.3) is 0 Å². The molecular weight excluding hydrogens is 569 g/mol. The normalized spacial score (nSPS) is 0.571. The van der Waals surface area contributed by atoms with Crippen molar-refractivity contribution in [1.29, 1.82) is 0 Å². The molecule has 0 amide bonds. The van der Waals surface area contributed by atoms with Crippen LogP contribution < -0.4 is 0 Å². The van der Waals surface area contributed by atoms with Crippen molar-refractivity contribution in [2.75, 3.05) is 0 Å². The summed E-state index contributed by atoms with van der Waals surface area (Å²) in [5, 5.41) is 0. The van der Waals surface area contributed by atoms with Crippen molar-refractivity contribution in [1.82, 2.24) is 0 Å². The van der Waals surface area contributed by atoms with Crippen molar-refractivity contribution in [2.45, 2.75) is 0 Å². The third-order valence-corrected chi connectivity index (χ3v) is 0. The van der Waals surface area contributed by atoms with E-state index < -0.39 is 0 Å². The van der Waals surface area contributed by atoms with Crippen LogP contribution in [0.15, 0.2) is 0 Å². The molecule has 0 unspecified atom stereocenters. The predicted octanol–water partition coefficient (Wildman–Crippen LogP) is -2.03. The molecule has 0 rings (SSSR count). The molecule has 0 atom stereocenters. The van der Waals surface area contributed by atoms with Gasteiger partial charge in [-0.25, -0.2) is 0 Å². The zero-order valence-electron chi connectivity index (χ0n) is 3.92. The van der Waals surface area contributed by atoms with E-state index in [0.29, 0.717) is 22.5 Å². The summed E-state index contributed by atoms with van der Waals surface area (Å²) in [5.41, 5.74) is 0. The molecule has 0 aromatic heterocycles. The van der Waals surface area contributed by atoms with Crippen LogP contribution in [-0.2, 0) is 22.6 Å². The van der Waals surface area contributed by atoms with Gasteiger partial charge in [-0.3, -0.25) is 0 Å². The summed E-state index contributed by atoms with van der Waals surface area (Å²) < 4.78 is 8.34. The average Bonchev–Trinajstić information content (AvgIpc) is 1.00. The molecule has 1 nitrogen and oxygen atoms in total. The van der Waals surface area contributed by atoms with E-state index in [2.05, 4.69) is 0 Å². The molecule has 0 aliphatic carbocycles. The summed E-state index contributed by atoms with van der Waals surface area (Å²) in [6, 6.07) is 0. The van der Waals surface area contributed by atoms with E-state index in [0.717, 1.165) is 0 Å². The predicted molar refractivity (Wildman–Crippen MR) is 29.5 cm³/mol. The topological polar surface area (TPSA) is 17.1 Å². The zero-order valence-corrected chi connectivity index (χ0v) is 21.2. The Labute approximate surface area is 133 Å². The fourth-order valence-electron chi connectivity index (χ4n) is 0. The quantitative estimate of drug-likeness (QED) is 0.308. The van der Waals surface area contributed by atoms with Crippen LogP contribution in [0.4, 0.5) is 0 Å². The van der Waals surface area contributed by atoms with E-state index in [-0.39, 0.29) is 111 Å². The minimum Gasteiger partial charge on any atom is 0 e. The summed E-state index contributed by atoms with van der Waals surface area (Å²) in [6.45, 7) is 0. The van der Waals surface area contributed by atoms with Gasteiger partial charge in [0.05, 0.1) is 0 Å². The second-order valence-corrected chi connectivity index (χ2v) is 0. The molecular formula is Ga2In2OSnZn. The molecule has 0 fully saturated rings. The average molecular weight is 569 g/mol. The molecule has 0 bridgehead atoms. The van der Waals surface area contributed by atoms with Gasteiger partial charge in [-0.1, -0.05) is 0 Å². The van der Waals surface area contributed by atoms with E-state index in [1.807, 2.05) is 0 Å². The Kier molecular flexibility index (Phi) is 299. The van der Waals surface area contributed by atoms with Crippen molar-refractivity contribution >= 4 is 114 Å². The monoisotopic (exact) mass is 567 g/mol. The summed E-state index contributed by atoms with van der Waals surface area (Å²) in [6.07, 6.45) is 0. The first-order valence-electron chi connectivity index (χ1n) is 0.204. The van der Waals surface area contributed by atoms with E-state index in [1.165, 1.54) is 0 Å². The molecule has 0 aliphatic rings. The molecule has 7 heavy (non-hydrogen) atoms. The molecule has 0 saturated carbocycles. The van der Waals surface area contributed by atoms with Crippen molar-refractivity contribution in [3.63, 3.8) is 0 Å². The second-order valence-electron chi connectivity index (χ2n) is 0. The third kappa shape index (κ3) is 38.7. The van der Waals surface area contributed by atoms with Crippen molar-refractivity contribution in [3.8, 4) is 0 Å². The Morgan fingerprint density at radius 1 is 0.857 bits per heavy atom. The van der Waals surface area contributed by atoms with Gasteiger partial charge in [-0.05, 0) is 0 Å². The summed E-state index contributed by atoms with van der Waals surface area (Å²) in [7, 11) is 0. The fourth-order valence-corrected chi connectivity index (χ4v) is 0. The zero-order chi connectivity index (χ0) is 2.00. The van der Waals surface area contributed by atoms with Crippen molar-refractivity contribution < 1.29 is 22.6 Å². The van der Waals surface area contributed by atoms with Gasteiger partial charge in [-0.15, -0.1) is 0 Å². The Balaban J connectivity index is -0.000000000500. The first kappa shape index (κ1) is 42.9. The van der Waals surface area contributed by atoms with Crippen LogP contribution in [0.3, 0.4) is 0 Å². The second kappa shape index (κ2) is 48.7. The number of hydrogen-bond donors (Lipinski definition) is 0. The third-order valence-electron chi connectivity index (χ3n) is 0. The maximum Gasteiger partial charge on any atom is 0 e. The molecule has 24 valence electrons. The van der Waals surface area contributed by atoms with Gasteiger partial charge in [0.2, 0.25) is 0 Å².